The Morgan fingerprint density at radius 3 is 2.64 bits per heavy atom. The number of rotatable bonds is 7. The van der Waals surface area contributed by atoms with Crippen molar-refractivity contribution >= 4 is 11.6 Å². The maximum Gasteiger partial charge on any atom is 0.231 e. The largest absolute Gasteiger partial charge is 0.493 e. The van der Waals surface area contributed by atoms with Crippen molar-refractivity contribution in [2.75, 3.05) is 52.5 Å². The molecule has 0 bridgehead atoms. The van der Waals surface area contributed by atoms with Crippen LogP contribution < -0.4 is 19.7 Å². The van der Waals surface area contributed by atoms with E-state index < -0.39 is 0 Å². The molecular weight excluding hydrogens is 284 g/mol. The van der Waals surface area contributed by atoms with Crippen LogP contribution in [0.3, 0.4) is 0 Å². The zero-order valence-electron chi connectivity index (χ0n) is 13.4. The molecule has 1 atom stereocenters. The summed E-state index contributed by atoms with van der Waals surface area (Å²) < 4.78 is 15.7. The molecular formula is C16H24N2O4. The van der Waals surface area contributed by atoms with Gasteiger partial charge in [-0.15, -0.1) is 0 Å². The number of nitrogens with one attached hydrogen (secondary N) is 1. The van der Waals surface area contributed by atoms with E-state index >= 15 is 0 Å². The van der Waals surface area contributed by atoms with Crippen molar-refractivity contribution in [2.24, 2.45) is 5.92 Å². The first-order chi connectivity index (χ1) is 10.7. The molecule has 1 aromatic rings. The predicted octanol–water partition coefficient (Wildman–Crippen LogP) is 1.29. The molecule has 0 aliphatic carbocycles. The summed E-state index contributed by atoms with van der Waals surface area (Å²) in [5.74, 6) is 1.40. The highest BCUT2D eigenvalue weighted by Crippen LogP contribution is 2.32. The van der Waals surface area contributed by atoms with Crippen LogP contribution in [-0.2, 0) is 9.53 Å². The van der Waals surface area contributed by atoms with Crippen molar-refractivity contribution in [1.82, 2.24) is 5.32 Å². The average molecular weight is 308 g/mol. The second kappa shape index (κ2) is 8.00. The van der Waals surface area contributed by atoms with Crippen LogP contribution in [0.15, 0.2) is 18.2 Å². The number of ether oxygens (including phenoxy) is 3. The maximum absolute atomic E-state index is 12.8. The minimum absolute atomic E-state index is 0.0185. The molecule has 0 spiro atoms. The van der Waals surface area contributed by atoms with Crippen LogP contribution in [0.2, 0.25) is 0 Å². The van der Waals surface area contributed by atoms with Gasteiger partial charge in [-0.3, -0.25) is 4.79 Å². The second-order valence-corrected chi connectivity index (χ2v) is 5.21. The molecule has 1 N–H and O–H groups in total. The van der Waals surface area contributed by atoms with E-state index in [4.69, 9.17) is 14.2 Å². The smallest absolute Gasteiger partial charge is 0.231 e. The molecule has 2 rings (SSSR count). The number of hydrogen-bond donors (Lipinski definition) is 1. The van der Waals surface area contributed by atoms with Gasteiger partial charge in [0.2, 0.25) is 5.91 Å². The van der Waals surface area contributed by atoms with Crippen LogP contribution in [0.1, 0.15) is 6.42 Å². The molecule has 0 aromatic heterocycles. The van der Waals surface area contributed by atoms with Crippen LogP contribution in [0.5, 0.6) is 11.5 Å². The van der Waals surface area contributed by atoms with Gasteiger partial charge in [0, 0.05) is 32.0 Å². The molecule has 1 aliphatic heterocycles. The lowest BCUT2D eigenvalue weighted by molar-refractivity contribution is -0.122. The highest BCUT2D eigenvalue weighted by Gasteiger charge is 2.28. The van der Waals surface area contributed by atoms with E-state index in [9.17, 15) is 4.79 Å². The Hall–Kier alpha value is -1.79. The third kappa shape index (κ3) is 3.69. The topological polar surface area (TPSA) is 60.0 Å². The number of carbonyl (C=O) groups excluding carboxylic acids is 1. The number of nitrogens with zero attached hydrogens (tertiary/aromatic N) is 1. The number of amides is 1. The highest BCUT2D eigenvalue weighted by atomic mass is 16.5. The number of anilines is 1. The maximum atomic E-state index is 12.8. The highest BCUT2D eigenvalue weighted by molar-refractivity contribution is 5.95. The van der Waals surface area contributed by atoms with Crippen molar-refractivity contribution in [3.8, 4) is 11.5 Å². The Bertz CT molecular complexity index is 501. The van der Waals surface area contributed by atoms with E-state index in [-0.39, 0.29) is 11.8 Å². The Morgan fingerprint density at radius 1 is 1.27 bits per heavy atom. The summed E-state index contributed by atoms with van der Waals surface area (Å²) in [5.41, 5.74) is 0.798. The monoisotopic (exact) mass is 308 g/mol. The first kappa shape index (κ1) is 16.6. The Morgan fingerprint density at radius 2 is 2.05 bits per heavy atom. The van der Waals surface area contributed by atoms with Crippen LogP contribution >= 0.6 is 0 Å². The third-order valence-electron chi connectivity index (χ3n) is 3.87. The van der Waals surface area contributed by atoms with Gasteiger partial charge in [-0.25, -0.2) is 0 Å². The number of hydrogen-bond acceptors (Lipinski definition) is 5. The van der Waals surface area contributed by atoms with E-state index in [0.717, 1.165) is 25.2 Å². The van der Waals surface area contributed by atoms with Crippen LogP contribution in [0.4, 0.5) is 5.69 Å². The van der Waals surface area contributed by atoms with Crippen molar-refractivity contribution in [1.29, 1.82) is 0 Å². The fourth-order valence-electron chi connectivity index (χ4n) is 2.63. The van der Waals surface area contributed by atoms with Crippen LogP contribution in [0, 0.1) is 5.92 Å². The van der Waals surface area contributed by atoms with Gasteiger partial charge in [0.25, 0.3) is 0 Å². The number of benzene rings is 1. The fourth-order valence-corrected chi connectivity index (χ4v) is 2.63. The summed E-state index contributed by atoms with van der Waals surface area (Å²) in [6.45, 7) is 2.62. The Kier molecular flexibility index (Phi) is 6.03. The summed E-state index contributed by atoms with van der Waals surface area (Å²) in [5, 5.41) is 3.23. The third-order valence-corrected chi connectivity index (χ3v) is 3.87. The van der Waals surface area contributed by atoms with E-state index in [2.05, 4.69) is 5.32 Å². The lowest BCUT2D eigenvalue weighted by Crippen LogP contribution is -2.39. The minimum Gasteiger partial charge on any atom is -0.493 e. The van der Waals surface area contributed by atoms with Gasteiger partial charge in [0.15, 0.2) is 11.5 Å². The molecule has 0 saturated carbocycles. The molecule has 1 unspecified atom stereocenters. The van der Waals surface area contributed by atoms with E-state index in [1.165, 1.54) is 0 Å². The van der Waals surface area contributed by atoms with E-state index in [1.807, 2.05) is 18.2 Å². The summed E-state index contributed by atoms with van der Waals surface area (Å²) in [6, 6.07) is 5.51. The van der Waals surface area contributed by atoms with Gasteiger partial charge >= 0.3 is 0 Å². The van der Waals surface area contributed by atoms with Gasteiger partial charge in [-0.1, -0.05) is 0 Å². The number of methoxy groups -OCH3 is 3. The standard InChI is InChI=1S/C16H24N2O4/c1-20-9-8-18(16(19)12-6-7-17-11-12)13-4-5-14(21-2)15(10-13)22-3/h4-5,10,12,17H,6-9,11H2,1-3H3. The van der Waals surface area contributed by atoms with Crippen molar-refractivity contribution in [3.05, 3.63) is 18.2 Å². The zero-order chi connectivity index (χ0) is 15.9. The normalized spacial score (nSPS) is 17.3. The second-order valence-electron chi connectivity index (χ2n) is 5.21. The predicted molar refractivity (Wildman–Crippen MR) is 84.8 cm³/mol. The SMILES string of the molecule is COCCN(C(=O)C1CCNC1)c1ccc(OC)c(OC)c1. The van der Waals surface area contributed by atoms with Crippen molar-refractivity contribution < 1.29 is 19.0 Å². The van der Waals surface area contributed by atoms with Gasteiger partial charge in [-0.2, -0.15) is 0 Å². The molecule has 22 heavy (non-hydrogen) atoms. The molecule has 6 nitrogen and oxygen atoms in total. The molecule has 1 saturated heterocycles. The molecule has 1 aromatic carbocycles. The average Bonchev–Trinajstić information content (AvgIpc) is 3.09. The first-order valence-electron chi connectivity index (χ1n) is 7.44. The minimum atomic E-state index is 0.0185. The van der Waals surface area contributed by atoms with Gasteiger partial charge in [-0.05, 0) is 25.1 Å². The van der Waals surface area contributed by atoms with Crippen LogP contribution in [0.25, 0.3) is 0 Å². The van der Waals surface area contributed by atoms with Crippen LogP contribution in [-0.4, -0.2) is 53.5 Å². The van der Waals surface area contributed by atoms with Crippen molar-refractivity contribution in [3.63, 3.8) is 0 Å². The van der Waals surface area contributed by atoms with Gasteiger partial charge < -0.3 is 24.4 Å². The molecule has 1 fully saturated rings. The van der Waals surface area contributed by atoms with Crippen molar-refractivity contribution in [2.45, 2.75) is 6.42 Å². The summed E-state index contributed by atoms with van der Waals surface area (Å²) in [4.78, 5) is 14.5. The Labute approximate surface area is 131 Å². The summed E-state index contributed by atoms with van der Waals surface area (Å²) in [7, 11) is 4.81. The van der Waals surface area contributed by atoms with Gasteiger partial charge in [0.1, 0.15) is 0 Å². The first-order valence-corrected chi connectivity index (χ1v) is 7.44. The van der Waals surface area contributed by atoms with Gasteiger partial charge in [0.05, 0.1) is 26.7 Å². The fraction of sp³-hybridized carbons (Fsp3) is 0.562. The zero-order valence-corrected chi connectivity index (χ0v) is 13.4. The van der Waals surface area contributed by atoms with E-state index in [1.54, 1.807) is 26.2 Å². The molecule has 1 heterocycles. The lowest BCUT2D eigenvalue weighted by atomic mass is 10.1. The molecule has 6 heteroatoms. The molecule has 1 aliphatic rings. The van der Waals surface area contributed by atoms with E-state index in [0.29, 0.717) is 24.7 Å². The lowest BCUT2D eigenvalue weighted by Gasteiger charge is -2.26. The Balaban J connectivity index is 2.25. The molecule has 122 valence electrons. The molecule has 0 radical (unpaired) electrons. The quantitative estimate of drug-likeness (QED) is 0.822. The summed E-state index contributed by atoms with van der Waals surface area (Å²) in [6.07, 6.45) is 0.871. The molecule has 1 amide bonds. The number of carbonyl (C=O) groups is 1. The summed E-state index contributed by atoms with van der Waals surface area (Å²) >= 11 is 0.